The van der Waals surface area contributed by atoms with Gasteiger partial charge in [-0.05, 0) is 67.6 Å². The van der Waals surface area contributed by atoms with E-state index in [1.165, 1.54) is 24.3 Å². The monoisotopic (exact) mass is 392 g/mol. The van der Waals surface area contributed by atoms with Gasteiger partial charge in [-0.2, -0.15) is 0 Å². The lowest BCUT2D eigenvalue weighted by Gasteiger charge is -2.14. The summed E-state index contributed by atoms with van der Waals surface area (Å²) >= 11 is 1.63. The van der Waals surface area contributed by atoms with Crippen LogP contribution in [-0.4, -0.2) is 17.0 Å². The largest absolute Gasteiger partial charge is 0.481 e. The van der Waals surface area contributed by atoms with Gasteiger partial charge in [0.05, 0.1) is 10.2 Å². The number of aromatic nitrogens is 1. The van der Waals surface area contributed by atoms with E-state index in [1.54, 1.807) is 18.3 Å². The molecule has 0 spiro atoms. The number of thiazole rings is 1. The Kier molecular flexibility index (Phi) is 5.04. The molecule has 4 nitrogen and oxygen atoms in total. The lowest BCUT2D eigenvalue weighted by atomic mass is 10.2. The zero-order chi connectivity index (χ0) is 19.5. The van der Waals surface area contributed by atoms with Crippen LogP contribution in [-0.2, 0) is 4.79 Å². The Hall–Kier alpha value is -3.25. The van der Waals surface area contributed by atoms with Gasteiger partial charge < -0.3 is 10.1 Å². The van der Waals surface area contributed by atoms with Crippen molar-refractivity contribution in [2.24, 2.45) is 0 Å². The van der Waals surface area contributed by atoms with Crippen LogP contribution in [0.15, 0.2) is 72.8 Å². The number of carbonyl (C=O) groups is 1. The van der Waals surface area contributed by atoms with Crippen LogP contribution >= 0.6 is 11.3 Å². The van der Waals surface area contributed by atoms with Crippen LogP contribution < -0.4 is 10.1 Å². The highest BCUT2D eigenvalue weighted by Gasteiger charge is 2.15. The molecule has 28 heavy (non-hydrogen) atoms. The average Bonchev–Trinajstić information content (AvgIpc) is 3.14. The van der Waals surface area contributed by atoms with E-state index in [9.17, 15) is 9.18 Å². The number of nitrogens with zero attached hydrogens (tertiary/aromatic N) is 1. The van der Waals surface area contributed by atoms with Gasteiger partial charge in [-0.25, -0.2) is 9.37 Å². The highest BCUT2D eigenvalue weighted by Crippen LogP contribution is 2.30. The Morgan fingerprint density at radius 2 is 1.75 bits per heavy atom. The summed E-state index contributed by atoms with van der Waals surface area (Å²) in [5.41, 5.74) is 2.64. The van der Waals surface area contributed by atoms with Crippen molar-refractivity contribution in [1.82, 2.24) is 4.98 Å². The van der Waals surface area contributed by atoms with Gasteiger partial charge in [0.25, 0.3) is 5.91 Å². The van der Waals surface area contributed by atoms with E-state index in [1.807, 2.05) is 48.5 Å². The number of nitrogens with one attached hydrogen (secondary N) is 1. The van der Waals surface area contributed by atoms with Crippen molar-refractivity contribution in [3.63, 3.8) is 0 Å². The first-order valence-corrected chi connectivity index (χ1v) is 9.59. The molecule has 0 fully saturated rings. The van der Waals surface area contributed by atoms with Gasteiger partial charge in [-0.1, -0.05) is 12.1 Å². The molecule has 4 rings (SSSR count). The second-order valence-corrected chi connectivity index (χ2v) is 7.30. The SMILES string of the molecule is CC(Oc1ccc(F)cc1)C(=O)Nc1ccc(-c2nc3ccccc3s2)cc1. The van der Waals surface area contributed by atoms with Crippen molar-refractivity contribution >= 4 is 33.1 Å². The number of fused-ring (bicyclic) bond motifs is 1. The molecule has 0 aliphatic carbocycles. The molecular formula is C22H17FN2O2S. The molecule has 6 heteroatoms. The number of carbonyl (C=O) groups excluding carboxylic acids is 1. The third-order valence-corrected chi connectivity index (χ3v) is 5.27. The number of hydrogen-bond acceptors (Lipinski definition) is 4. The van der Waals surface area contributed by atoms with Gasteiger partial charge >= 0.3 is 0 Å². The smallest absolute Gasteiger partial charge is 0.265 e. The number of anilines is 1. The van der Waals surface area contributed by atoms with Crippen molar-refractivity contribution in [3.05, 3.63) is 78.6 Å². The minimum absolute atomic E-state index is 0.280. The molecule has 1 unspecified atom stereocenters. The maximum atomic E-state index is 12.9. The Morgan fingerprint density at radius 3 is 2.46 bits per heavy atom. The predicted molar refractivity (Wildman–Crippen MR) is 110 cm³/mol. The van der Waals surface area contributed by atoms with Gasteiger partial charge in [0.1, 0.15) is 16.6 Å². The van der Waals surface area contributed by atoms with Crippen LogP contribution in [0.3, 0.4) is 0 Å². The van der Waals surface area contributed by atoms with E-state index in [2.05, 4.69) is 10.3 Å². The van der Waals surface area contributed by atoms with Crippen LogP contribution in [0.4, 0.5) is 10.1 Å². The van der Waals surface area contributed by atoms with Crippen molar-refractivity contribution in [3.8, 4) is 16.3 Å². The summed E-state index contributed by atoms with van der Waals surface area (Å²) in [6.45, 7) is 1.65. The van der Waals surface area contributed by atoms with Gasteiger partial charge in [-0.3, -0.25) is 4.79 Å². The minimum Gasteiger partial charge on any atom is -0.481 e. The highest BCUT2D eigenvalue weighted by molar-refractivity contribution is 7.21. The Balaban J connectivity index is 1.42. The fraction of sp³-hybridized carbons (Fsp3) is 0.0909. The molecule has 3 aromatic carbocycles. The fourth-order valence-electron chi connectivity index (χ4n) is 2.71. The molecule has 1 amide bonds. The van der Waals surface area contributed by atoms with E-state index < -0.39 is 6.10 Å². The highest BCUT2D eigenvalue weighted by atomic mass is 32.1. The second-order valence-electron chi connectivity index (χ2n) is 6.27. The molecule has 1 heterocycles. The summed E-state index contributed by atoms with van der Waals surface area (Å²) in [5.74, 6) is -0.190. The van der Waals surface area contributed by atoms with E-state index in [-0.39, 0.29) is 11.7 Å². The molecule has 0 aliphatic rings. The third-order valence-electron chi connectivity index (χ3n) is 4.19. The van der Waals surface area contributed by atoms with Crippen molar-refractivity contribution in [1.29, 1.82) is 0 Å². The first kappa shape index (κ1) is 18.1. The summed E-state index contributed by atoms with van der Waals surface area (Å²) < 4.78 is 19.6. The van der Waals surface area contributed by atoms with Gasteiger partial charge in [0.2, 0.25) is 0 Å². The number of amides is 1. The standard InChI is InChI=1S/C22H17FN2O2S/c1-14(27-18-12-8-16(23)9-13-18)21(26)24-17-10-6-15(7-11-17)22-25-19-4-2-3-5-20(19)28-22/h2-14H,1H3,(H,24,26). The van der Waals surface area contributed by atoms with Crippen LogP contribution in [0.1, 0.15) is 6.92 Å². The molecule has 140 valence electrons. The van der Waals surface area contributed by atoms with Crippen LogP contribution in [0, 0.1) is 5.82 Å². The topological polar surface area (TPSA) is 51.2 Å². The van der Waals surface area contributed by atoms with Crippen LogP contribution in [0.5, 0.6) is 5.75 Å². The summed E-state index contributed by atoms with van der Waals surface area (Å²) in [4.78, 5) is 17.0. The molecule has 1 aromatic heterocycles. The van der Waals surface area contributed by atoms with Gasteiger partial charge in [0.15, 0.2) is 6.10 Å². The van der Waals surface area contributed by atoms with E-state index in [4.69, 9.17) is 4.74 Å². The molecule has 4 aromatic rings. The molecule has 0 aliphatic heterocycles. The van der Waals surface area contributed by atoms with E-state index in [0.717, 1.165) is 20.8 Å². The molecule has 0 radical (unpaired) electrons. The van der Waals surface area contributed by atoms with E-state index >= 15 is 0 Å². The number of rotatable bonds is 5. The number of halogens is 1. The van der Waals surface area contributed by atoms with Crippen molar-refractivity contribution in [2.45, 2.75) is 13.0 Å². The average molecular weight is 392 g/mol. The summed E-state index contributed by atoms with van der Waals surface area (Å²) in [7, 11) is 0. The normalized spacial score (nSPS) is 11.9. The lowest BCUT2D eigenvalue weighted by molar-refractivity contribution is -0.122. The molecule has 1 atom stereocenters. The first-order chi connectivity index (χ1) is 13.6. The third kappa shape index (κ3) is 4.02. The predicted octanol–water partition coefficient (Wildman–Crippen LogP) is 5.51. The summed E-state index contributed by atoms with van der Waals surface area (Å²) in [5, 5.41) is 3.76. The Morgan fingerprint density at radius 1 is 1.04 bits per heavy atom. The second kappa shape index (κ2) is 7.78. The van der Waals surface area contributed by atoms with Crippen molar-refractivity contribution < 1.29 is 13.9 Å². The maximum Gasteiger partial charge on any atom is 0.265 e. The minimum atomic E-state index is -0.714. The number of ether oxygens (including phenoxy) is 1. The van der Waals surface area contributed by atoms with Crippen LogP contribution in [0.25, 0.3) is 20.8 Å². The molecule has 0 saturated carbocycles. The summed E-state index contributed by atoms with van der Waals surface area (Å²) in [6, 6.07) is 21.1. The van der Waals surface area contributed by atoms with Crippen LogP contribution in [0.2, 0.25) is 0 Å². The lowest BCUT2D eigenvalue weighted by Crippen LogP contribution is -2.30. The first-order valence-electron chi connectivity index (χ1n) is 8.77. The van der Waals surface area contributed by atoms with Crippen molar-refractivity contribution in [2.75, 3.05) is 5.32 Å². The Labute approximate surface area is 165 Å². The quantitative estimate of drug-likeness (QED) is 0.487. The molecule has 0 saturated heterocycles. The van der Waals surface area contributed by atoms with E-state index in [0.29, 0.717) is 11.4 Å². The maximum absolute atomic E-state index is 12.9. The number of hydrogen-bond donors (Lipinski definition) is 1. The number of para-hydroxylation sites is 1. The van der Waals surface area contributed by atoms with Gasteiger partial charge in [-0.15, -0.1) is 11.3 Å². The molecule has 0 bridgehead atoms. The molecule has 1 N–H and O–H groups in total. The zero-order valence-corrected chi connectivity index (χ0v) is 15.9. The Bertz CT molecular complexity index is 1070. The zero-order valence-electron chi connectivity index (χ0n) is 15.1. The fourth-order valence-corrected chi connectivity index (χ4v) is 3.68. The van der Waals surface area contributed by atoms with Gasteiger partial charge in [0, 0.05) is 11.3 Å². The molecular weight excluding hydrogens is 375 g/mol. The summed E-state index contributed by atoms with van der Waals surface area (Å²) in [6.07, 6.45) is -0.714. The number of benzene rings is 3.